The van der Waals surface area contributed by atoms with Gasteiger partial charge < -0.3 is 24.9 Å². The number of aryl methyl sites for hydroxylation is 1. The van der Waals surface area contributed by atoms with Gasteiger partial charge in [0.05, 0.1) is 29.3 Å². The van der Waals surface area contributed by atoms with Gasteiger partial charge in [-0.05, 0) is 61.1 Å². The zero-order valence-corrected chi connectivity index (χ0v) is 23.1. The molecule has 0 aromatic heterocycles. The van der Waals surface area contributed by atoms with E-state index in [0.717, 1.165) is 16.0 Å². The van der Waals surface area contributed by atoms with Gasteiger partial charge in [-0.25, -0.2) is 4.79 Å². The van der Waals surface area contributed by atoms with Crippen molar-refractivity contribution in [1.29, 1.82) is 0 Å². The fraction of sp³-hybridized carbons (Fsp3) is 0.517. The molecule has 2 N–H and O–H groups in total. The van der Waals surface area contributed by atoms with Crippen molar-refractivity contribution < 1.29 is 46.1 Å². The summed E-state index contributed by atoms with van der Waals surface area (Å²) in [7, 11) is 1.28. The van der Waals surface area contributed by atoms with Crippen LogP contribution < -0.4 is 0 Å². The molecule has 2 aromatic rings. The lowest BCUT2D eigenvalue weighted by Crippen LogP contribution is -2.57. The SMILES string of the molecule is Cc1ccccc1C1C2CC(CCO)C(=O)N2CCN1C(=O)N(C)C(CCO)c1cc(C(F)(F)F)cc(C(F)(F)F)c1. The minimum atomic E-state index is -5.07. The fourth-order valence-corrected chi connectivity index (χ4v) is 6.17. The van der Waals surface area contributed by atoms with Gasteiger partial charge in [-0.15, -0.1) is 0 Å². The molecule has 0 radical (unpaired) electrons. The minimum absolute atomic E-state index is 0.0225. The highest BCUT2D eigenvalue weighted by atomic mass is 19.4. The number of carbonyl (C=O) groups excluding carboxylic acids is 2. The monoisotopic (exact) mass is 601 g/mol. The average Bonchev–Trinajstić information content (AvgIpc) is 3.25. The van der Waals surface area contributed by atoms with Gasteiger partial charge in [0.2, 0.25) is 5.91 Å². The van der Waals surface area contributed by atoms with Crippen LogP contribution in [0.3, 0.4) is 0 Å². The molecular weight excluding hydrogens is 568 g/mol. The molecule has 0 spiro atoms. The molecule has 230 valence electrons. The van der Waals surface area contributed by atoms with Crippen LogP contribution >= 0.6 is 0 Å². The number of alkyl halides is 6. The number of amides is 3. The Balaban J connectivity index is 1.75. The van der Waals surface area contributed by atoms with Crippen LogP contribution in [0.15, 0.2) is 42.5 Å². The number of aliphatic hydroxyl groups is 2. The van der Waals surface area contributed by atoms with Crippen molar-refractivity contribution in [2.45, 2.75) is 56.7 Å². The summed E-state index contributed by atoms with van der Waals surface area (Å²) in [6.45, 7) is 1.31. The van der Waals surface area contributed by atoms with Gasteiger partial charge in [0.15, 0.2) is 0 Å². The van der Waals surface area contributed by atoms with Gasteiger partial charge in [-0.2, -0.15) is 26.3 Å². The number of benzene rings is 2. The molecule has 3 amide bonds. The Hall–Kier alpha value is -3.32. The maximum Gasteiger partial charge on any atom is 0.416 e. The highest BCUT2D eigenvalue weighted by molar-refractivity contribution is 5.83. The second-order valence-corrected chi connectivity index (χ2v) is 10.8. The van der Waals surface area contributed by atoms with Crippen molar-refractivity contribution in [3.05, 3.63) is 70.3 Å². The minimum Gasteiger partial charge on any atom is -0.396 e. The Morgan fingerprint density at radius 1 is 1.00 bits per heavy atom. The molecule has 7 nitrogen and oxygen atoms in total. The fourth-order valence-electron chi connectivity index (χ4n) is 6.17. The first-order chi connectivity index (χ1) is 19.7. The standard InChI is InChI=1S/C29H33F6N3O4/c1-17-5-3-4-6-22(17)25-24-15-18(7-11-39)26(41)37(24)9-10-38(25)27(42)36(2)23(8-12-40)19-13-20(28(30,31)32)16-21(14-19)29(33,34)35/h3-6,13-14,16,18,23-25,39-40H,7-12,15H2,1-2H3. The third-order valence-corrected chi connectivity index (χ3v) is 8.24. The highest BCUT2D eigenvalue weighted by Gasteiger charge is 2.50. The number of rotatable bonds is 7. The molecule has 2 heterocycles. The first kappa shape index (κ1) is 31.6. The summed E-state index contributed by atoms with van der Waals surface area (Å²) < 4.78 is 81.6. The summed E-state index contributed by atoms with van der Waals surface area (Å²) in [5.41, 5.74) is -1.85. The average molecular weight is 602 g/mol. The molecule has 2 fully saturated rings. The van der Waals surface area contributed by atoms with Crippen LogP contribution in [0, 0.1) is 12.8 Å². The number of carbonyl (C=O) groups is 2. The van der Waals surface area contributed by atoms with E-state index in [4.69, 9.17) is 0 Å². The number of halogens is 6. The van der Waals surface area contributed by atoms with E-state index in [-0.39, 0.29) is 44.5 Å². The van der Waals surface area contributed by atoms with Gasteiger partial charge in [0.25, 0.3) is 0 Å². The van der Waals surface area contributed by atoms with Gasteiger partial charge in [0, 0.05) is 39.3 Å². The van der Waals surface area contributed by atoms with Crippen LogP contribution in [0.1, 0.15) is 59.2 Å². The number of hydrogen-bond donors (Lipinski definition) is 2. The second kappa shape index (κ2) is 12.1. The molecule has 4 atom stereocenters. The predicted octanol–water partition coefficient (Wildman–Crippen LogP) is 5.16. The van der Waals surface area contributed by atoms with E-state index in [9.17, 15) is 46.1 Å². The summed E-state index contributed by atoms with van der Waals surface area (Å²) in [6, 6.07) is 5.37. The molecule has 13 heteroatoms. The first-order valence-corrected chi connectivity index (χ1v) is 13.6. The van der Waals surface area contributed by atoms with E-state index >= 15 is 0 Å². The van der Waals surface area contributed by atoms with Gasteiger partial charge in [0.1, 0.15) is 0 Å². The number of nitrogens with zero attached hydrogens (tertiary/aromatic N) is 3. The first-order valence-electron chi connectivity index (χ1n) is 13.6. The van der Waals surface area contributed by atoms with Crippen LogP contribution in [0.5, 0.6) is 0 Å². The number of hydrogen-bond acceptors (Lipinski definition) is 4. The van der Waals surface area contributed by atoms with E-state index in [0.29, 0.717) is 18.6 Å². The van der Waals surface area contributed by atoms with Crippen LogP contribution in [0.2, 0.25) is 0 Å². The number of urea groups is 1. The smallest absolute Gasteiger partial charge is 0.396 e. The zero-order valence-electron chi connectivity index (χ0n) is 23.1. The molecule has 0 saturated carbocycles. The van der Waals surface area contributed by atoms with Gasteiger partial charge in [-0.3, -0.25) is 4.79 Å². The van der Waals surface area contributed by atoms with Crippen molar-refractivity contribution in [2.24, 2.45) is 5.92 Å². The molecule has 2 aromatic carbocycles. The lowest BCUT2D eigenvalue weighted by Gasteiger charge is -2.47. The van der Waals surface area contributed by atoms with E-state index in [1.165, 1.54) is 11.9 Å². The normalized spacial score (nSPS) is 21.9. The zero-order chi connectivity index (χ0) is 31.0. The molecule has 2 aliphatic heterocycles. The van der Waals surface area contributed by atoms with E-state index in [2.05, 4.69) is 0 Å². The Morgan fingerprint density at radius 3 is 2.17 bits per heavy atom. The molecule has 4 unspecified atom stereocenters. The van der Waals surface area contributed by atoms with Crippen LogP contribution in [-0.2, 0) is 17.1 Å². The second-order valence-electron chi connectivity index (χ2n) is 10.8. The third kappa shape index (κ3) is 6.22. The van der Waals surface area contributed by atoms with Crippen molar-refractivity contribution in [3.8, 4) is 0 Å². The van der Waals surface area contributed by atoms with Crippen LogP contribution in [-0.4, -0.2) is 76.2 Å². The molecule has 0 bridgehead atoms. The Bertz CT molecular complexity index is 1270. The molecule has 42 heavy (non-hydrogen) atoms. The summed E-state index contributed by atoms with van der Waals surface area (Å²) in [6.07, 6.45) is -9.83. The van der Waals surface area contributed by atoms with Crippen molar-refractivity contribution in [1.82, 2.24) is 14.7 Å². The van der Waals surface area contributed by atoms with E-state index in [1.54, 1.807) is 11.0 Å². The largest absolute Gasteiger partial charge is 0.416 e. The summed E-state index contributed by atoms with van der Waals surface area (Å²) in [5.74, 6) is -0.567. The predicted molar refractivity (Wildman–Crippen MR) is 140 cm³/mol. The van der Waals surface area contributed by atoms with Crippen molar-refractivity contribution in [2.75, 3.05) is 33.4 Å². The highest BCUT2D eigenvalue weighted by Crippen LogP contribution is 2.43. The Morgan fingerprint density at radius 2 is 1.62 bits per heavy atom. The van der Waals surface area contributed by atoms with Crippen LogP contribution in [0.25, 0.3) is 0 Å². The quantitative estimate of drug-likeness (QED) is 0.430. The van der Waals surface area contributed by atoms with E-state index in [1.807, 2.05) is 25.1 Å². The van der Waals surface area contributed by atoms with Crippen molar-refractivity contribution >= 4 is 11.9 Å². The molecule has 2 saturated heterocycles. The maximum absolute atomic E-state index is 14.1. The van der Waals surface area contributed by atoms with Crippen LogP contribution in [0.4, 0.5) is 31.1 Å². The summed E-state index contributed by atoms with van der Waals surface area (Å²) in [5, 5.41) is 19.2. The van der Waals surface area contributed by atoms with E-state index < -0.39 is 65.7 Å². The topological polar surface area (TPSA) is 84.3 Å². The summed E-state index contributed by atoms with van der Waals surface area (Å²) >= 11 is 0. The summed E-state index contributed by atoms with van der Waals surface area (Å²) in [4.78, 5) is 31.5. The Kier molecular flexibility index (Phi) is 9.12. The lowest BCUT2D eigenvalue weighted by molar-refractivity contribution is -0.143. The van der Waals surface area contributed by atoms with Gasteiger partial charge >= 0.3 is 18.4 Å². The molecular formula is C29H33F6N3O4. The third-order valence-electron chi connectivity index (χ3n) is 8.24. The van der Waals surface area contributed by atoms with Crippen molar-refractivity contribution in [3.63, 3.8) is 0 Å². The number of piperazine rings is 1. The molecule has 4 rings (SSSR count). The molecule has 2 aliphatic rings. The lowest BCUT2D eigenvalue weighted by atomic mass is 9.89. The number of aliphatic hydroxyl groups excluding tert-OH is 2. The van der Waals surface area contributed by atoms with Gasteiger partial charge in [-0.1, -0.05) is 24.3 Å². The molecule has 0 aliphatic carbocycles. The number of fused-ring (bicyclic) bond motifs is 1. The Labute approximate surface area is 239 Å². The maximum atomic E-state index is 14.1.